The van der Waals surface area contributed by atoms with Crippen molar-refractivity contribution in [1.29, 1.82) is 0 Å². The first-order chi connectivity index (χ1) is 11.4. The molecule has 4 nitrogen and oxygen atoms in total. The number of methoxy groups -OCH3 is 1. The maximum Gasteiger partial charge on any atom is 0.328 e. The second kappa shape index (κ2) is 8.18. The summed E-state index contributed by atoms with van der Waals surface area (Å²) < 4.78 is 32.6. The SMILES string of the molecule is COC(=O)[C@H](Cc1cccc(I)c1)NC(=O)c1cccc(F)c1F. The first-order valence-corrected chi connectivity index (χ1v) is 8.07. The second-order valence-corrected chi connectivity index (χ2v) is 6.23. The molecule has 0 unspecified atom stereocenters. The van der Waals surface area contributed by atoms with E-state index in [1.165, 1.54) is 13.2 Å². The highest BCUT2D eigenvalue weighted by molar-refractivity contribution is 14.1. The lowest BCUT2D eigenvalue weighted by atomic mass is 10.1. The van der Waals surface area contributed by atoms with E-state index < -0.39 is 35.1 Å². The van der Waals surface area contributed by atoms with Gasteiger partial charge in [0.05, 0.1) is 12.7 Å². The molecule has 0 aliphatic heterocycles. The van der Waals surface area contributed by atoms with E-state index in [1.54, 1.807) is 6.07 Å². The predicted octanol–water partition coefficient (Wildman–Crippen LogP) is 3.08. The molecule has 2 aromatic rings. The largest absolute Gasteiger partial charge is 0.467 e. The Labute approximate surface area is 151 Å². The molecular weight excluding hydrogens is 431 g/mol. The molecule has 126 valence electrons. The van der Waals surface area contributed by atoms with Gasteiger partial charge in [-0.05, 0) is 52.4 Å². The number of halogens is 3. The lowest BCUT2D eigenvalue weighted by molar-refractivity contribution is -0.142. The smallest absolute Gasteiger partial charge is 0.328 e. The Morgan fingerprint density at radius 3 is 2.58 bits per heavy atom. The fraction of sp³-hybridized carbons (Fsp3) is 0.176. The Morgan fingerprint density at radius 2 is 1.92 bits per heavy atom. The van der Waals surface area contributed by atoms with E-state index in [1.807, 2.05) is 18.2 Å². The number of ether oxygens (including phenoxy) is 1. The summed E-state index contributed by atoms with van der Waals surface area (Å²) in [5.41, 5.74) is 0.337. The zero-order valence-corrected chi connectivity index (χ0v) is 14.8. The highest BCUT2D eigenvalue weighted by Gasteiger charge is 2.24. The summed E-state index contributed by atoms with van der Waals surface area (Å²) in [7, 11) is 1.19. The Kier molecular flexibility index (Phi) is 6.24. The van der Waals surface area contributed by atoms with Gasteiger partial charge in [0.2, 0.25) is 0 Å². The monoisotopic (exact) mass is 445 g/mol. The number of esters is 1. The molecule has 1 amide bonds. The van der Waals surface area contributed by atoms with E-state index in [2.05, 4.69) is 32.6 Å². The molecule has 0 aliphatic carbocycles. The quantitative estimate of drug-likeness (QED) is 0.569. The molecule has 1 atom stereocenters. The number of carbonyl (C=O) groups excluding carboxylic acids is 2. The molecule has 2 rings (SSSR count). The third-order valence-electron chi connectivity index (χ3n) is 3.32. The fourth-order valence-corrected chi connectivity index (χ4v) is 2.76. The Bertz CT molecular complexity index is 767. The second-order valence-electron chi connectivity index (χ2n) is 4.98. The number of nitrogens with one attached hydrogen (secondary N) is 1. The lowest BCUT2D eigenvalue weighted by Gasteiger charge is -2.17. The van der Waals surface area contributed by atoms with Crippen LogP contribution in [0, 0.1) is 15.2 Å². The number of hydrogen-bond donors (Lipinski definition) is 1. The van der Waals surface area contributed by atoms with Gasteiger partial charge in [-0.25, -0.2) is 13.6 Å². The van der Waals surface area contributed by atoms with Crippen molar-refractivity contribution in [2.24, 2.45) is 0 Å². The number of carbonyl (C=O) groups is 2. The summed E-state index contributed by atoms with van der Waals surface area (Å²) in [6.07, 6.45) is 0.173. The fourth-order valence-electron chi connectivity index (χ4n) is 2.15. The van der Waals surface area contributed by atoms with Crippen LogP contribution in [0.4, 0.5) is 8.78 Å². The third kappa shape index (κ3) is 4.50. The average molecular weight is 445 g/mol. The summed E-state index contributed by atoms with van der Waals surface area (Å²) in [5.74, 6) is -3.94. The molecule has 1 N–H and O–H groups in total. The van der Waals surface area contributed by atoms with Crippen LogP contribution in [0.25, 0.3) is 0 Å². The molecule has 24 heavy (non-hydrogen) atoms. The highest BCUT2D eigenvalue weighted by atomic mass is 127. The van der Waals surface area contributed by atoms with Crippen molar-refractivity contribution in [2.45, 2.75) is 12.5 Å². The van der Waals surface area contributed by atoms with Crippen molar-refractivity contribution in [3.05, 3.63) is 68.8 Å². The van der Waals surface area contributed by atoms with Gasteiger partial charge in [-0.1, -0.05) is 18.2 Å². The summed E-state index contributed by atoms with van der Waals surface area (Å²) >= 11 is 2.13. The molecule has 0 aromatic heterocycles. The third-order valence-corrected chi connectivity index (χ3v) is 3.99. The van der Waals surface area contributed by atoms with Gasteiger partial charge in [0, 0.05) is 9.99 Å². The van der Waals surface area contributed by atoms with Gasteiger partial charge in [0.15, 0.2) is 11.6 Å². The molecule has 2 aromatic carbocycles. The average Bonchev–Trinajstić information content (AvgIpc) is 2.56. The van der Waals surface area contributed by atoms with Gasteiger partial charge >= 0.3 is 5.97 Å². The number of hydrogen-bond acceptors (Lipinski definition) is 3. The van der Waals surface area contributed by atoms with Crippen LogP contribution in [0.3, 0.4) is 0 Å². The first-order valence-electron chi connectivity index (χ1n) is 6.99. The molecule has 7 heteroatoms. The molecule has 0 radical (unpaired) electrons. The van der Waals surface area contributed by atoms with Crippen LogP contribution >= 0.6 is 22.6 Å². The summed E-state index contributed by atoms with van der Waals surface area (Å²) in [5, 5.41) is 2.40. The van der Waals surface area contributed by atoms with E-state index in [4.69, 9.17) is 0 Å². The molecule has 0 aliphatic rings. The zero-order chi connectivity index (χ0) is 17.7. The number of benzene rings is 2. The molecule has 0 heterocycles. The minimum absolute atomic E-state index is 0.173. The Balaban J connectivity index is 2.21. The molecule has 0 bridgehead atoms. The first kappa shape index (κ1) is 18.3. The molecular formula is C17H14F2INO3. The van der Waals surface area contributed by atoms with Gasteiger partial charge in [0.25, 0.3) is 5.91 Å². The van der Waals surface area contributed by atoms with E-state index in [0.29, 0.717) is 0 Å². The van der Waals surface area contributed by atoms with Crippen molar-refractivity contribution in [2.75, 3.05) is 7.11 Å². The summed E-state index contributed by atoms with van der Waals surface area (Å²) in [6, 6.07) is 9.63. The van der Waals surface area contributed by atoms with Gasteiger partial charge < -0.3 is 10.1 Å². The van der Waals surface area contributed by atoms with Crippen molar-refractivity contribution in [1.82, 2.24) is 5.32 Å². The molecule has 0 fully saturated rings. The normalized spacial score (nSPS) is 11.7. The van der Waals surface area contributed by atoms with Crippen molar-refractivity contribution in [3.63, 3.8) is 0 Å². The minimum Gasteiger partial charge on any atom is -0.467 e. The van der Waals surface area contributed by atoms with Crippen LogP contribution in [0.1, 0.15) is 15.9 Å². The van der Waals surface area contributed by atoms with E-state index in [-0.39, 0.29) is 6.42 Å². The predicted molar refractivity (Wildman–Crippen MR) is 92.5 cm³/mol. The van der Waals surface area contributed by atoms with E-state index >= 15 is 0 Å². The van der Waals surface area contributed by atoms with Gasteiger partial charge in [0.1, 0.15) is 6.04 Å². The van der Waals surface area contributed by atoms with Gasteiger partial charge in [-0.3, -0.25) is 4.79 Å². The summed E-state index contributed by atoms with van der Waals surface area (Å²) in [6.45, 7) is 0. The maximum atomic E-state index is 13.7. The van der Waals surface area contributed by atoms with Crippen LogP contribution in [0.15, 0.2) is 42.5 Å². The highest BCUT2D eigenvalue weighted by Crippen LogP contribution is 2.13. The van der Waals surface area contributed by atoms with Crippen LogP contribution < -0.4 is 5.32 Å². The summed E-state index contributed by atoms with van der Waals surface area (Å²) in [4.78, 5) is 24.1. The topological polar surface area (TPSA) is 55.4 Å². The lowest BCUT2D eigenvalue weighted by Crippen LogP contribution is -2.43. The van der Waals surface area contributed by atoms with Crippen molar-refractivity contribution < 1.29 is 23.1 Å². The van der Waals surface area contributed by atoms with Crippen LogP contribution in [0.5, 0.6) is 0 Å². The van der Waals surface area contributed by atoms with Crippen LogP contribution in [-0.2, 0) is 16.0 Å². The van der Waals surface area contributed by atoms with E-state index in [0.717, 1.165) is 21.3 Å². The Morgan fingerprint density at radius 1 is 1.21 bits per heavy atom. The van der Waals surface area contributed by atoms with E-state index in [9.17, 15) is 18.4 Å². The molecule has 0 saturated heterocycles. The Hall–Kier alpha value is -2.03. The minimum atomic E-state index is -1.26. The van der Waals surface area contributed by atoms with Gasteiger partial charge in [-0.2, -0.15) is 0 Å². The zero-order valence-electron chi connectivity index (χ0n) is 12.7. The number of rotatable bonds is 5. The standard InChI is InChI=1S/C17H14F2INO3/c1-24-17(23)14(9-10-4-2-5-11(20)8-10)21-16(22)12-6-3-7-13(18)15(12)19/h2-8,14H,9H2,1H3,(H,21,22)/t14-/m0/s1. The maximum absolute atomic E-state index is 13.7. The van der Waals surface area contributed by atoms with Crippen molar-refractivity contribution >= 4 is 34.5 Å². The van der Waals surface area contributed by atoms with Crippen LogP contribution in [-0.4, -0.2) is 25.0 Å². The van der Waals surface area contributed by atoms with Gasteiger partial charge in [-0.15, -0.1) is 0 Å². The van der Waals surface area contributed by atoms with Crippen molar-refractivity contribution in [3.8, 4) is 0 Å². The number of amides is 1. The molecule has 0 spiro atoms. The van der Waals surface area contributed by atoms with Crippen LogP contribution in [0.2, 0.25) is 0 Å². The molecule has 0 saturated carbocycles.